The Balaban J connectivity index is 2.26. The summed E-state index contributed by atoms with van der Waals surface area (Å²) in [5.41, 5.74) is 0. The molecule has 0 aliphatic carbocycles. The van der Waals surface area contributed by atoms with Crippen LogP contribution in [0.4, 0.5) is 0 Å². The van der Waals surface area contributed by atoms with Gasteiger partial charge in [-0.3, -0.25) is 0 Å². The van der Waals surface area contributed by atoms with Crippen molar-refractivity contribution in [2.75, 3.05) is 46.4 Å². The second-order valence-corrected chi connectivity index (χ2v) is 7.90. The van der Waals surface area contributed by atoms with E-state index in [-0.39, 0.29) is 0 Å². The summed E-state index contributed by atoms with van der Waals surface area (Å²) in [6.07, 6.45) is 2.74. The second kappa shape index (κ2) is 9.74. The standard InChI is InChI=1S/C14H31N3O3S/c1-13(2)12-20-9-5-7-16-21(18,19)17-8-4-6-14(11-17)10-15-3/h13-16H,4-12H2,1-3H3. The Morgan fingerprint density at radius 1 is 1.38 bits per heavy atom. The number of nitrogens with one attached hydrogen (secondary N) is 2. The molecule has 0 spiro atoms. The Bertz CT molecular complexity index is 372. The van der Waals surface area contributed by atoms with Crippen molar-refractivity contribution in [2.45, 2.75) is 33.1 Å². The van der Waals surface area contributed by atoms with Gasteiger partial charge in [0.15, 0.2) is 0 Å². The topological polar surface area (TPSA) is 70.7 Å². The summed E-state index contributed by atoms with van der Waals surface area (Å²) in [6, 6.07) is 0. The predicted octanol–water partition coefficient (Wildman–Crippen LogP) is 0.815. The Labute approximate surface area is 129 Å². The molecule has 1 rings (SSSR count). The van der Waals surface area contributed by atoms with Crippen molar-refractivity contribution in [2.24, 2.45) is 11.8 Å². The number of rotatable bonds is 10. The maximum Gasteiger partial charge on any atom is 0.279 e. The Morgan fingerprint density at radius 2 is 2.14 bits per heavy atom. The fraction of sp³-hybridized carbons (Fsp3) is 1.00. The molecule has 21 heavy (non-hydrogen) atoms. The van der Waals surface area contributed by atoms with Gasteiger partial charge in [0.05, 0.1) is 0 Å². The molecule has 1 heterocycles. The molecule has 1 unspecified atom stereocenters. The lowest BCUT2D eigenvalue weighted by atomic mass is 10.00. The molecule has 0 aromatic heterocycles. The molecule has 0 amide bonds. The van der Waals surface area contributed by atoms with Gasteiger partial charge in [-0.2, -0.15) is 12.7 Å². The molecule has 1 aliphatic heterocycles. The Morgan fingerprint density at radius 3 is 2.81 bits per heavy atom. The van der Waals surface area contributed by atoms with Crippen molar-refractivity contribution < 1.29 is 13.2 Å². The maximum atomic E-state index is 12.2. The van der Waals surface area contributed by atoms with Gasteiger partial charge in [0.2, 0.25) is 0 Å². The van der Waals surface area contributed by atoms with Gasteiger partial charge in [-0.15, -0.1) is 0 Å². The number of hydrogen-bond acceptors (Lipinski definition) is 4. The molecule has 6 nitrogen and oxygen atoms in total. The van der Waals surface area contributed by atoms with E-state index in [1.807, 2.05) is 7.05 Å². The average Bonchev–Trinajstić information content (AvgIpc) is 2.43. The van der Waals surface area contributed by atoms with Crippen LogP contribution in [0.1, 0.15) is 33.1 Å². The number of piperidine rings is 1. The van der Waals surface area contributed by atoms with Crippen molar-refractivity contribution in [3.8, 4) is 0 Å². The van der Waals surface area contributed by atoms with E-state index in [9.17, 15) is 8.42 Å². The molecule has 1 saturated heterocycles. The van der Waals surface area contributed by atoms with E-state index in [0.717, 1.165) is 26.0 Å². The fourth-order valence-electron chi connectivity index (χ4n) is 2.49. The smallest absolute Gasteiger partial charge is 0.279 e. The zero-order chi connectivity index (χ0) is 15.7. The van der Waals surface area contributed by atoms with Gasteiger partial charge in [0.1, 0.15) is 0 Å². The molecular formula is C14H31N3O3S. The van der Waals surface area contributed by atoms with E-state index in [0.29, 0.717) is 44.5 Å². The van der Waals surface area contributed by atoms with Crippen LogP contribution in [0.15, 0.2) is 0 Å². The highest BCUT2D eigenvalue weighted by atomic mass is 32.2. The van der Waals surface area contributed by atoms with Crippen LogP contribution in [-0.2, 0) is 14.9 Å². The predicted molar refractivity (Wildman–Crippen MR) is 85.4 cm³/mol. The van der Waals surface area contributed by atoms with Crippen LogP contribution >= 0.6 is 0 Å². The molecule has 0 aromatic rings. The van der Waals surface area contributed by atoms with Crippen LogP contribution in [-0.4, -0.2) is 59.2 Å². The van der Waals surface area contributed by atoms with E-state index >= 15 is 0 Å². The molecule has 1 aliphatic rings. The van der Waals surface area contributed by atoms with Gasteiger partial charge < -0.3 is 10.1 Å². The lowest BCUT2D eigenvalue weighted by Gasteiger charge is -2.31. The summed E-state index contributed by atoms with van der Waals surface area (Å²) in [4.78, 5) is 0. The van der Waals surface area contributed by atoms with Crippen LogP contribution in [0.5, 0.6) is 0 Å². The quantitative estimate of drug-likeness (QED) is 0.584. The van der Waals surface area contributed by atoms with Crippen molar-refractivity contribution in [3.05, 3.63) is 0 Å². The molecule has 0 bridgehead atoms. The molecule has 0 saturated carbocycles. The molecule has 126 valence electrons. The van der Waals surface area contributed by atoms with Crippen LogP contribution in [0.25, 0.3) is 0 Å². The van der Waals surface area contributed by atoms with E-state index in [1.54, 1.807) is 4.31 Å². The largest absolute Gasteiger partial charge is 0.381 e. The van der Waals surface area contributed by atoms with Crippen molar-refractivity contribution in [1.29, 1.82) is 0 Å². The minimum Gasteiger partial charge on any atom is -0.381 e. The SMILES string of the molecule is CNCC1CCCN(S(=O)(=O)NCCCOCC(C)C)C1. The molecular weight excluding hydrogens is 290 g/mol. The highest BCUT2D eigenvalue weighted by molar-refractivity contribution is 7.87. The van der Waals surface area contributed by atoms with Crippen molar-refractivity contribution in [1.82, 2.24) is 14.3 Å². The van der Waals surface area contributed by atoms with E-state index in [1.165, 1.54) is 0 Å². The normalized spacial score (nSPS) is 21.0. The van der Waals surface area contributed by atoms with Crippen LogP contribution in [0.3, 0.4) is 0 Å². The molecule has 7 heteroatoms. The summed E-state index contributed by atoms with van der Waals surface area (Å²) in [5, 5.41) is 3.13. The first-order chi connectivity index (χ1) is 9.95. The summed E-state index contributed by atoms with van der Waals surface area (Å²) in [6.45, 7) is 8.07. The average molecular weight is 321 g/mol. The van der Waals surface area contributed by atoms with Gasteiger partial charge in [0, 0.05) is 32.8 Å². The van der Waals surface area contributed by atoms with Gasteiger partial charge in [-0.1, -0.05) is 13.8 Å². The van der Waals surface area contributed by atoms with Crippen LogP contribution in [0.2, 0.25) is 0 Å². The maximum absolute atomic E-state index is 12.2. The van der Waals surface area contributed by atoms with E-state index < -0.39 is 10.2 Å². The van der Waals surface area contributed by atoms with Crippen LogP contribution in [0, 0.1) is 11.8 Å². The summed E-state index contributed by atoms with van der Waals surface area (Å²) in [5.74, 6) is 0.925. The monoisotopic (exact) mass is 321 g/mol. The third-order valence-corrected chi connectivity index (χ3v) is 5.10. The zero-order valence-electron chi connectivity index (χ0n) is 13.6. The molecule has 2 N–H and O–H groups in total. The van der Waals surface area contributed by atoms with Gasteiger partial charge in [-0.25, -0.2) is 4.72 Å². The first-order valence-electron chi connectivity index (χ1n) is 7.92. The lowest BCUT2D eigenvalue weighted by Crippen LogP contribution is -2.47. The van der Waals surface area contributed by atoms with Crippen molar-refractivity contribution in [3.63, 3.8) is 0 Å². The molecule has 0 radical (unpaired) electrons. The highest BCUT2D eigenvalue weighted by Crippen LogP contribution is 2.17. The summed E-state index contributed by atoms with van der Waals surface area (Å²) >= 11 is 0. The number of ether oxygens (including phenoxy) is 1. The van der Waals surface area contributed by atoms with Gasteiger partial charge in [0.25, 0.3) is 10.2 Å². The third-order valence-electron chi connectivity index (χ3n) is 3.52. The third kappa shape index (κ3) is 7.56. The van der Waals surface area contributed by atoms with Crippen molar-refractivity contribution >= 4 is 10.2 Å². The summed E-state index contributed by atoms with van der Waals surface area (Å²) in [7, 11) is -1.43. The Kier molecular flexibility index (Phi) is 8.73. The van der Waals surface area contributed by atoms with E-state index in [4.69, 9.17) is 4.74 Å². The fourth-order valence-corrected chi connectivity index (χ4v) is 3.85. The second-order valence-electron chi connectivity index (χ2n) is 6.15. The van der Waals surface area contributed by atoms with Crippen LogP contribution < -0.4 is 10.0 Å². The zero-order valence-corrected chi connectivity index (χ0v) is 14.4. The van der Waals surface area contributed by atoms with Gasteiger partial charge in [-0.05, 0) is 44.7 Å². The van der Waals surface area contributed by atoms with E-state index in [2.05, 4.69) is 23.9 Å². The minimum absolute atomic E-state index is 0.412. The molecule has 1 fully saturated rings. The summed E-state index contributed by atoms with van der Waals surface area (Å²) < 4.78 is 34.2. The number of hydrogen-bond donors (Lipinski definition) is 2. The molecule has 0 aromatic carbocycles. The lowest BCUT2D eigenvalue weighted by molar-refractivity contribution is 0.108. The Hall–Kier alpha value is -0.210. The van der Waals surface area contributed by atoms with Gasteiger partial charge >= 0.3 is 0 Å². The minimum atomic E-state index is -3.34. The first kappa shape index (κ1) is 18.8. The highest BCUT2D eigenvalue weighted by Gasteiger charge is 2.27. The first-order valence-corrected chi connectivity index (χ1v) is 9.36. The number of nitrogens with zero attached hydrogens (tertiary/aromatic N) is 1. The molecule has 1 atom stereocenters.